The zero-order valence-corrected chi connectivity index (χ0v) is 27.8. The number of ether oxygens (including phenoxy) is 2. The van der Waals surface area contributed by atoms with Gasteiger partial charge in [0.25, 0.3) is 0 Å². The Morgan fingerprint density at radius 1 is 1.22 bits per heavy atom. The molecule has 3 rings (SSSR count). The molecule has 0 spiro atoms. The number of carbonyl (C=O) groups excluding carboxylic acids is 1. The summed E-state index contributed by atoms with van der Waals surface area (Å²) in [7, 11) is -4.49. The SMILES string of the molecule is C=CC(=O)Nc1cccc(C2=NC(=NC/C=C\C=C(/CC)OCCCN3CCN(CCOCOP(=O)(O)O)CC3)NC=C(Cl)C2)c1. The molecule has 2 aliphatic rings. The van der Waals surface area contributed by atoms with E-state index >= 15 is 0 Å². The fourth-order valence-corrected chi connectivity index (χ4v) is 4.89. The molecule has 2 aliphatic heterocycles. The number of amides is 1. The minimum Gasteiger partial charge on any atom is -0.498 e. The normalized spacial score (nSPS) is 17.7. The highest BCUT2D eigenvalue weighted by atomic mass is 35.5. The number of nitrogens with zero attached hydrogens (tertiary/aromatic N) is 4. The van der Waals surface area contributed by atoms with Crippen LogP contribution in [0.4, 0.5) is 5.69 Å². The topological polar surface area (TPSA) is 158 Å². The van der Waals surface area contributed by atoms with E-state index in [4.69, 9.17) is 30.9 Å². The maximum atomic E-state index is 11.7. The van der Waals surface area contributed by atoms with Crippen LogP contribution in [0.3, 0.4) is 0 Å². The van der Waals surface area contributed by atoms with E-state index in [1.54, 1.807) is 12.3 Å². The van der Waals surface area contributed by atoms with Crippen LogP contribution in [-0.2, 0) is 23.4 Å². The van der Waals surface area contributed by atoms with Crippen LogP contribution in [0.15, 0.2) is 82.1 Å². The van der Waals surface area contributed by atoms with Gasteiger partial charge in [-0.1, -0.05) is 49.4 Å². The maximum absolute atomic E-state index is 11.7. The van der Waals surface area contributed by atoms with Crippen molar-refractivity contribution in [3.63, 3.8) is 0 Å². The standard InChI is InChI=1S/C31H44ClN6O7P/c1-3-28(44-19-8-13-37-14-16-38(17-15-37)18-20-43-24-45-46(40,41)42)11-5-6-12-33-31-34-23-26(32)22-29(36-31)25-9-7-10-27(21-25)35-30(39)4-2/h4-7,9-11,21,23H,2-3,8,12-20,22,24H2,1H3,(H,33,34)(H,35,39)(H2,40,41,42)/b6-5-,28-11+. The lowest BCUT2D eigenvalue weighted by atomic mass is 10.1. The highest BCUT2D eigenvalue weighted by Gasteiger charge is 2.17. The molecule has 1 amide bonds. The second-order valence-corrected chi connectivity index (χ2v) is 12.1. The van der Waals surface area contributed by atoms with Crippen molar-refractivity contribution in [1.82, 2.24) is 15.1 Å². The number of benzene rings is 1. The number of phosphoric acid groups is 1. The summed E-state index contributed by atoms with van der Waals surface area (Å²) in [4.78, 5) is 42.9. The number of guanidine groups is 1. The van der Waals surface area contributed by atoms with Crippen LogP contribution in [0.5, 0.6) is 0 Å². The molecule has 0 aliphatic carbocycles. The molecule has 0 bridgehead atoms. The quantitative estimate of drug-likeness (QED) is 0.0447. The summed E-state index contributed by atoms with van der Waals surface area (Å²) in [6.07, 6.45) is 10.8. The van der Waals surface area contributed by atoms with Crippen LogP contribution in [0, 0.1) is 0 Å². The lowest BCUT2D eigenvalue weighted by Gasteiger charge is -2.34. The highest BCUT2D eigenvalue weighted by Crippen LogP contribution is 2.35. The van der Waals surface area contributed by atoms with E-state index in [0.717, 1.165) is 62.6 Å². The summed E-state index contributed by atoms with van der Waals surface area (Å²) >= 11 is 6.36. The summed E-state index contributed by atoms with van der Waals surface area (Å²) in [6.45, 7) is 11.9. The Bertz CT molecular complexity index is 1350. The van der Waals surface area contributed by atoms with E-state index in [1.165, 1.54) is 6.08 Å². The molecule has 13 nitrogen and oxygen atoms in total. The lowest BCUT2D eigenvalue weighted by Crippen LogP contribution is -2.47. The molecular formula is C31H44ClN6O7P. The molecule has 1 saturated heterocycles. The number of rotatable bonds is 18. The van der Waals surface area contributed by atoms with E-state index in [-0.39, 0.29) is 5.91 Å². The Hall–Kier alpha value is -3.13. The first kappa shape index (κ1) is 37.3. The third-order valence-corrected chi connectivity index (χ3v) is 7.61. The molecule has 0 radical (unpaired) electrons. The van der Waals surface area contributed by atoms with Crippen molar-refractivity contribution in [3.05, 3.63) is 77.7 Å². The summed E-state index contributed by atoms with van der Waals surface area (Å²) in [5.41, 5.74) is 2.19. The summed E-state index contributed by atoms with van der Waals surface area (Å²) in [5, 5.41) is 6.40. The smallest absolute Gasteiger partial charge is 0.471 e. The van der Waals surface area contributed by atoms with Gasteiger partial charge in [0, 0.05) is 69.0 Å². The molecule has 0 saturated carbocycles. The molecule has 1 aromatic carbocycles. The summed E-state index contributed by atoms with van der Waals surface area (Å²) in [6, 6.07) is 7.38. The van der Waals surface area contributed by atoms with Gasteiger partial charge in [-0.15, -0.1) is 0 Å². The maximum Gasteiger partial charge on any atom is 0.471 e. The Morgan fingerprint density at radius 3 is 2.70 bits per heavy atom. The van der Waals surface area contributed by atoms with Crippen LogP contribution in [-0.4, -0.2) is 103 Å². The van der Waals surface area contributed by atoms with Gasteiger partial charge in [-0.2, -0.15) is 0 Å². The Morgan fingerprint density at radius 2 is 1.98 bits per heavy atom. The van der Waals surface area contributed by atoms with Crippen molar-refractivity contribution in [3.8, 4) is 0 Å². The van der Waals surface area contributed by atoms with Gasteiger partial charge in [0.05, 0.1) is 31.2 Å². The molecule has 0 unspecified atom stereocenters. The number of allylic oxidation sites excluding steroid dienone is 4. The van der Waals surface area contributed by atoms with E-state index < -0.39 is 14.6 Å². The zero-order chi connectivity index (χ0) is 33.2. The molecule has 15 heteroatoms. The molecule has 0 aromatic heterocycles. The highest BCUT2D eigenvalue weighted by molar-refractivity contribution is 7.46. The predicted molar refractivity (Wildman–Crippen MR) is 181 cm³/mol. The minimum atomic E-state index is -4.49. The number of hydrogen-bond donors (Lipinski definition) is 4. The fraction of sp³-hybridized carbons (Fsp3) is 0.452. The zero-order valence-electron chi connectivity index (χ0n) is 26.1. The molecule has 0 atom stereocenters. The molecule has 252 valence electrons. The molecule has 1 aromatic rings. The molecule has 1 fully saturated rings. The first-order valence-corrected chi connectivity index (χ1v) is 17.0. The second kappa shape index (κ2) is 20.2. The number of carbonyl (C=O) groups is 1. The van der Waals surface area contributed by atoms with Gasteiger partial charge in [-0.05, 0) is 36.3 Å². The monoisotopic (exact) mass is 678 g/mol. The van der Waals surface area contributed by atoms with Crippen LogP contribution in [0.2, 0.25) is 0 Å². The Labute approximate surface area is 275 Å². The van der Waals surface area contributed by atoms with Crippen molar-refractivity contribution >= 4 is 42.7 Å². The average Bonchev–Trinajstić information content (AvgIpc) is 3.23. The van der Waals surface area contributed by atoms with E-state index in [1.807, 2.05) is 36.4 Å². The van der Waals surface area contributed by atoms with Crippen LogP contribution < -0.4 is 10.6 Å². The number of hydrogen-bond acceptors (Lipinski definition) is 8. The Kier molecular flexibility index (Phi) is 16.4. The van der Waals surface area contributed by atoms with Crippen molar-refractivity contribution < 1.29 is 33.1 Å². The van der Waals surface area contributed by atoms with Crippen LogP contribution >= 0.6 is 19.4 Å². The van der Waals surface area contributed by atoms with E-state index in [9.17, 15) is 9.36 Å². The molecule has 4 N–H and O–H groups in total. The van der Waals surface area contributed by atoms with Gasteiger partial charge in [-0.3, -0.25) is 14.2 Å². The van der Waals surface area contributed by atoms with Gasteiger partial charge >= 0.3 is 7.82 Å². The number of halogens is 1. The number of anilines is 1. The fourth-order valence-electron chi connectivity index (χ4n) is 4.50. The van der Waals surface area contributed by atoms with Gasteiger partial charge in [0.2, 0.25) is 11.9 Å². The van der Waals surface area contributed by atoms with Crippen molar-refractivity contribution in [2.75, 3.05) is 71.1 Å². The van der Waals surface area contributed by atoms with Gasteiger partial charge in [0.1, 0.15) is 0 Å². The minimum absolute atomic E-state index is 0.288. The Balaban J connectivity index is 1.38. The molecular weight excluding hydrogens is 635 g/mol. The van der Waals surface area contributed by atoms with Gasteiger partial charge in [-0.25, -0.2) is 14.5 Å². The number of aliphatic imine (C=N–C) groups is 2. The first-order chi connectivity index (χ1) is 22.1. The summed E-state index contributed by atoms with van der Waals surface area (Å²) in [5.74, 6) is 1.06. The van der Waals surface area contributed by atoms with E-state index in [0.29, 0.717) is 49.4 Å². The number of piperazine rings is 1. The molecule has 2 heterocycles. The van der Waals surface area contributed by atoms with Crippen LogP contribution in [0.25, 0.3) is 0 Å². The second-order valence-electron chi connectivity index (χ2n) is 10.4. The van der Waals surface area contributed by atoms with Gasteiger partial charge < -0.3 is 34.8 Å². The van der Waals surface area contributed by atoms with Crippen LogP contribution in [0.1, 0.15) is 31.7 Å². The third kappa shape index (κ3) is 15.0. The average molecular weight is 679 g/mol. The van der Waals surface area contributed by atoms with Crippen molar-refractivity contribution in [2.45, 2.75) is 26.2 Å². The lowest BCUT2D eigenvalue weighted by molar-refractivity contribution is -0.111. The number of nitrogens with one attached hydrogen (secondary N) is 2. The predicted octanol–water partition coefficient (Wildman–Crippen LogP) is 3.99. The summed E-state index contributed by atoms with van der Waals surface area (Å²) < 4.78 is 26.1. The largest absolute Gasteiger partial charge is 0.498 e. The third-order valence-electron chi connectivity index (χ3n) is 6.92. The first-order valence-electron chi connectivity index (χ1n) is 15.1. The van der Waals surface area contributed by atoms with Gasteiger partial charge in [0.15, 0.2) is 6.79 Å². The molecule has 46 heavy (non-hydrogen) atoms. The van der Waals surface area contributed by atoms with E-state index in [2.05, 4.69) is 48.4 Å². The number of phosphoric ester groups is 1. The van der Waals surface area contributed by atoms with Crippen molar-refractivity contribution in [1.29, 1.82) is 0 Å². The van der Waals surface area contributed by atoms with Crippen molar-refractivity contribution in [2.24, 2.45) is 9.98 Å².